The van der Waals surface area contributed by atoms with Gasteiger partial charge in [0, 0.05) is 6.54 Å². The summed E-state index contributed by atoms with van der Waals surface area (Å²) in [5.74, 6) is -0.904. The van der Waals surface area contributed by atoms with Gasteiger partial charge in [0.2, 0.25) is 0 Å². The van der Waals surface area contributed by atoms with Crippen LogP contribution in [-0.2, 0) is 16.1 Å². The molecule has 1 aromatic heterocycles. The molecule has 2 aromatic carbocycles. The number of nitrogens with one attached hydrogen (secondary N) is 1. The topological polar surface area (TPSA) is 86.1 Å². The molecule has 1 heterocycles. The molecule has 132 valence electrons. The summed E-state index contributed by atoms with van der Waals surface area (Å²) in [4.78, 5) is 28.2. The van der Waals surface area contributed by atoms with E-state index in [2.05, 4.69) is 15.4 Å². The van der Waals surface area contributed by atoms with Crippen molar-refractivity contribution in [3.63, 3.8) is 0 Å². The monoisotopic (exact) mass is 350 g/mol. The molecule has 7 heteroatoms. The lowest BCUT2D eigenvalue weighted by molar-refractivity contribution is -0.129. The quantitative estimate of drug-likeness (QED) is 0.688. The maximum absolute atomic E-state index is 12.2. The minimum absolute atomic E-state index is 0.346. The van der Waals surface area contributed by atoms with Crippen LogP contribution in [0.25, 0.3) is 5.69 Å². The van der Waals surface area contributed by atoms with E-state index in [4.69, 9.17) is 4.74 Å². The second-order valence-corrected chi connectivity index (χ2v) is 5.64. The highest BCUT2D eigenvalue weighted by atomic mass is 16.5. The summed E-state index contributed by atoms with van der Waals surface area (Å²) in [6.07, 6.45) is 2.10. The number of carbonyl (C=O) groups excluding carboxylic acids is 2. The number of hydrogen-bond donors (Lipinski definition) is 1. The van der Waals surface area contributed by atoms with Gasteiger partial charge in [0.1, 0.15) is 12.7 Å². The molecule has 1 N–H and O–H groups in total. The molecule has 3 rings (SSSR count). The third-order valence-electron chi connectivity index (χ3n) is 3.75. The molecule has 0 spiro atoms. The molecule has 0 unspecified atom stereocenters. The normalized spacial score (nSPS) is 11.6. The van der Waals surface area contributed by atoms with E-state index in [0.29, 0.717) is 12.1 Å². The minimum atomic E-state index is -0.888. The largest absolute Gasteiger partial charge is 0.449 e. The Morgan fingerprint density at radius 3 is 2.50 bits per heavy atom. The van der Waals surface area contributed by atoms with Crippen LogP contribution in [0.3, 0.4) is 0 Å². The van der Waals surface area contributed by atoms with E-state index in [1.165, 1.54) is 6.33 Å². The maximum atomic E-state index is 12.2. The van der Waals surface area contributed by atoms with Crippen molar-refractivity contribution in [2.45, 2.75) is 19.6 Å². The van der Waals surface area contributed by atoms with Crippen molar-refractivity contribution >= 4 is 11.9 Å². The molecule has 7 nitrogen and oxygen atoms in total. The second-order valence-electron chi connectivity index (χ2n) is 5.64. The van der Waals surface area contributed by atoms with Gasteiger partial charge in [-0.25, -0.2) is 14.5 Å². The summed E-state index contributed by atoms with van der Waals surface area (Å²) >= 11 is 0. The molecule has 26 heavy (non-hydrogen) atoms. The van der Waals surface area contributed by atoms with Crippen LogP contribution < -0.4 is 5.32 Å². The van der Waals surface area contributed by atoms with Crippen LogP contribution in [0.1, 0.15) is 22.8 Å². The van der Waals surface area contributed by atoms with Crippen LogP contribution in [0.2, 0.25) is 0 Å². The Morgan fingerprint density at radius 1 is 1.12 bits per heavy atom. The maximum Gasteiger partial charge on any atom is 0.338 e. The first-order valence-corrected chi connectivity index (χ1v) is 8.11. The van der Waals surface area contributed by atoms with Gasteiger partial charge in [-0.15, -0.1) is 0 Å². The number of aromatic nitrogens is 3. The van der Waals surface area contributed by atoms with Crippen LogP contribution in [0.5, 0.6) is 0 Å². The Kier molecular flexibility index (Phi) is 5.38. The number of amides is 1. The first-order valence-electron chi connectivity index (χ1n) is 8.11. The van der Waals surface area contributed by atoms with E-state index in [1.54, 1.807) is 42.2 Å². The zero-order valence-corrected chi connectivity index (χ0v) is 14.2. The number of rotatable bonds is 6. The van der Waals surface area contributed by atoms with Crippen molar-refractivity contribution in [1.82, 2.24) is 20.1 Å². The molecule has 0 aliphatic rings. The molecule has 1 amide bonds. The van der Waals surface area contributed by atoms with E-state index >= 15 is 0 Å². The lowest BCUT2D eigenvalue weighted by Gasteiger charge is -2.13. The summed E-state index contributed by atoms with van der Waals surface area (Å²) < 4.78 is 6.81. The minimum Gasteiger partial charge on any atom is -0.449 e. The summed E-state index contributed by atoms with van der Waals surface area (Å²) in [5.41, 5.74) is 2.10. The van der Waals surface area contributed by atoms with Crippen molar-refractivity contribution in [1.29, 1.82) is 0 Å². The summed E-state index contributed by atoms with van der Waals surface area (Å²) in [6, 6.07) is 16.2. The van der Waals surface area contributed by atoms with E-state index < -0.39 is 12.1 Å². The summed E-state index contributed by atoms with van der Waals surface area (Å²) in [5, 5.41) is 6.76. The van der Waals surface area contributed by atoms with Crippen LogP contribution in [-0.4, -0.2) is 32.7 Å². The Balaban J connectivity index is 1.54. The highest BCUT2D eigenvalue weighted by Gasteiger charge is 2.18. The predicted molar refractivity (Wildman–Crippen MR) is 94.5 cm³/mol. The highest BCUT2D eigenvalue weighted by molar-refractivity contribution is 5.92. The Bertz CT molecular complexity index is 862. The summed E-state index contributed by atoms with van der Waals surface area (Å²) in [7, 11) is 0. The van der Waals surface area contributed by atoms with Crippen molar-refractivity contribution < 1.29 is 14.3 Å². The van der Waals surface area contributed by atoms with Crippen LogP contribution in [0.15, 0.2) is 67.3 Å². The fourth-order valence-corrected chi connectivity index (χ4v) is 2.30. The lowest BCUT2D eigenvalue weighted by Crippen LogP contribution is -2.35. The molecule has 1 atom stereocenters. The van der Waals surface area contributed by atoms with Crippen molar-refractivity contribution in [2.24, 2.45) is 0 Å². The molecule has 0 aliphatic heterocycles. The van der Waals surface area contributed by atoms with Gasteiger partial charge in [-0.2, -0.15) is 5.10 Å². The third kappa shape index (κ3) is 4.32. The van der Waals surface area contributed by atoms with Gasteiger partial charge < -0.3 is 10.1 Å². The number of ether oxygens (including phenoxy) is 1. The van der Waals surface area contributed by atoms with Gasteiger partial charge in [-0.05, 0) is 36.8 Å². The van der Waals surface area contributed by atoms with Crippen molar-refractivity contribution in [3.8, 4) is 5.69 Å². The van der Waals surface area contributed by atoms with Crippen molar-refractivity contribution in [3.05, 3.63) is 78.4 Å². The molecular weight excluding hydrogens is 332 g/mol. The first-order chi connectivity index (χ1) is 12.6. The lowest BCUT2D eigenvalue weighted by atomic mass is 10.2. The Hall–Kier alpha value is -3.48. The predicted octanol–water partition coefficient (Wildman–Crippen LogP) is 2.13. The van der Waals surface area contributed by atoms with Gasteiger partial charge in [-0.1, -0.05) is 30.3 Å². The Labute approximate surface area is 150 Å². The molecular formula is C19H18N4O3. The summed E-state index contributed by atoms with van der Waals surface area (Å²) in [6.45, 7) is 1.93. The first kappa shape index (κ1) is 17.3. The van der Waals surface area contributed by atoms with Crippen LogP contribution in [0, 0.1) is 0 Å². The van der Waals surface area contributed by atoms with E-state index in [-0.39, 0.29) is 5.91 Å². The van der Waals surface area contributed by atoms with Crippen LogP contribution >= 0.6 is 0 Å². The molecule has 0 saturated heterocycles. The molecule has 3 aromatic rings. The fourth-order valence-electron chi connectivity index (χ4n) is 2.30. The standard InChI is InChI=1S/C19H18N4O3/c1-14(18(24)21-11-15-5-3-2-4-6-15)26-19(25)16-7-9-17(10-8-16)23-13-20-12-22-23/h2-10,12-14H,11H2,1H3,(H,21,24)/t14-/m0/s1. The van der Waals surface area contributed by atoms with E-state index in [0.717, 1.165) is 11.3 Å². The molecule has 0 saturated carbocycles. The van der Waals surface area contributed by atoms with E-state index in [9.17, 15) is 9.59 Å². The zero-order valence-electron chi connectivity index (χ0n) is 14.2. The fraction of sp³-hybridized carbons (Fsp3) is 0.158. The van der Waals surface area contributed by atoms with Gasteiger partial charge in [0.05, 0.1) is 11.3 Å². The van der Waals surface area contributed by atoms with Crippen LogP contribution in [0.4, 0.5) is 0 Å². The van der Waals surface area contributed by atoms with Gasteiger partial charge in [-0.3, -0.25) is 4.79 Å². The number of hydrogen-bond acceptors (Lipinski definition) is 5. The second kappa shape index (κ2) is 8.06. The Morgan fingerprint density at radius 2 is 1.85 bits per heavy atom. The molecule has 0 radical (unpaired) electrons. The third-order valence-corrected chi connectivity index (χ3v) is 3.75. The van der Waals surface area contributed by atoms with Gasteiger partial charge in [0.15, 0.2) is 6.10 Å². The number of benzene rings is 2. The van der Waals surface area contributed by atoms with Gasteiger partial charge in [0.25, 0.3) is 5.91 Å². The highest BCUT2D eigenvalue weighted by Crippen LogP contribution is 2.10. The molecule has 0 bridgehead atoms. The zero-order chi connectivity index (χ0) is 18.4. The van der Waals surface area contributed by atoms with Gasteiger partial charge >= 0.3 is 5.97 Å². The average Bonchev–Trinajstić information content (AvgIpc) is 3.21. The smallest absolute Gasteiger partial charge is 0.338 e. The number of nitrogens with zero attached hydrogens (tertiary/aromatic N) is 3. The number of carbonyl (C=O) groups is 2. The SMILES string of the molecule is C[C@H](OC(=O)c1ccc(-n2cncn2)cc1)C(=O)NCc1ccccc1. The molecule has 0 aliphatic carbocycles. The number of esters is 1. The molecule has 0 fully saturated rings. The average molecular weight is 350 g/mol. The van der Waals surface area contributed by atoms with Crippen molar-refractivity contribution in [2.75, 3.05) is 0 Å². The van der Waals surface area contributed by atoms with E-state index in [1.807, 2.05) is 30.3 Å².